The molecule has 3 aromatic rings. The molecule has 1 N–H and O–H groups in total. The van der Waals surface area contributed by atoms with Crippen molar-refractivity contribution in [2.75, 3.05) is 0 Å². The molecule has 0 bridgehead atoms. The zero-order valence-electron chi connectivity index (χ0n) is 12.1. The van der Waals surface area contributed by atoms with Gasteiger partial charge in [0.25, 0.3) is 0 Å². The quantitative estimate of drug-likeness (QED) is 0.753. The van der Waals surface area contributed by atoms with Gasteiger partial charge in [-0.1, -0.05) is 6.57 Å². The second kappa shape index (κ2) is 5.00. The molecule has 7 heteroatoms. The maximum absolute atomic E-state index is 10.9. The summed E-state index contributed by atoms with van der Waals surface area (Å²) in [5, 5.41) is 18.0. The van der Waals surface area contributed by atoms with Crippen LogP contribution in [0.2, 0.25) is 0 Å². The monoisotopic (exact) mass is 295 g/mol. The molecule has 0 saturated heterocycles. The number of fused-ring (bicyclic) bond motifs is 1. The van der Waals surface area contributed by atoms with Crippen LogP contribution in [0.15, 0.2) is 30.6 Å². The fourth-order valence-electron chi connectivity index (χ4n) is 2.31. The number of benzene rings is 1. The first-order valence-electron chi connectivity index (χ1n) is 6.69. The molecule has 1 aromatic carbocycles. The van der Waals surface area contributed by atoms with E-state index in [-0.39, 0.29) is 11.6 Å². The molecule has 0 aliphatic heterocycles. The molecule has 2 aromatic heterocycles. The second-order valence-corrected chi connectivity index (χ2v) is 5.15. The lowest BCUT2D eigenvalue weighted by atomic mass is 10.2. The lowest BCUT2D eigenvalue weighted by Crippen LogP contribution is -2.02. The summed E-state index contributed by atoms with van der Waals surface area (Å²) >= 11 is 0. The predicted molar refractivity (Wildman–Crippen MR) is 80.5 cm³/mol. The summed E-state index contributed by atoms with van der Waals surface area (Å²) in [5.41, 5.74) is 1.67. The number of hydrogen-bond donors (Lipinski definition) is 1. The Morgan fingerprint density at radius 3 is 2.77 bits per heavy atom. The molecule has 2 heterocycles. The minimum Gasteiger partial charge on any atom is -0.478 e. The molecule has 0 fully saturated rings. The van der Waals surface area contributed by atoms with Crippen molar-refractivity contribution < 1.29 is 9.90 Å². The Balaban J connectivity index is 2.17. The van der Waals surface area contributed by atoms with Gasteiger partial charge >= 0.3 is 11.8 Å². The molecule has 0 saturated carbocycles. The van der Waals surface area contributed by atoms with Gasteiger partial charge in [-0.2, -0.15) is 9.78 Å². The van der Waals surface area contributed by atoms with Crippen molar-refractivity contribution in [1.82, 2.24) is 19.6 Å². The van der Waals surface area contributed by atoms with Gasteiger partial charge in [0.2, 0.25) is 0 Å². The highest BCUT2D eigenvalue weighted by Crippen LogP contribution is 2.29. The fourth-order valence-corrected chi connectivity index (χ4v) is 2.31. The summed E-state index contributed by atoms with van der Waals surface area (Å²) in [7, 11) is 0. The van der Waals surface area contributed by atoms with Crippen LogP contribution in [0.25, 0.3) is 21.4 Å². The second-order valence-electron chi connectivity index (χ2n) is 5.15. The van der Waals surface area contributed by atoms with E-state index in [0.717, 1.165) is 10.9 Å². The normalized spacial score (nSPS) is 11.0. The van der Waals surface area contributed by atoms with Crippen molar-refractivity contribution in [3.05, 3.63) is 47.6 Å². The zero-order chi connectivity index (χ0) is 15.9. The third-order valence-corrected chi connectivity index (χ3v) is 3.36. The molecule has 7 nitrogen and oxygen atoms in total. The SMILES string of the molecule is [C-]#[N+]c1nn(C(C)C)c2ccc(-n3cc(C(=O)O)cn3)cc12. The third-order valence-electron chi connectivity index (χ3n) is 3.36. The van der Waals surface area contributed by atoms with E-state index in [9.17, 15) is 4.79 Å². The maximum atomic E-state index is 10.9. The van der Waals surface area contributed by atoms with Crippen LogP contribution < -0.4 is 0 Å². The van der Waals surface area contributed by atoms with Crippen LogP contribution in [0.5, 0.6) is 0 Å². The van der Waals surface area contributed by atoms with Gasteiger partial charge in [0.05, 0.1) is 29.0 Å². The number of carboxylic acid groups (broad SMARTS) is 1. The van der Waals surface area contributed by atoms with E-state index in [2.05, 4.69) is 15.0 Å². The van der Waals surface area contributed by atoms with E-state index >= 15 is 0 Å². The summed E-state index contributed by atoms with van der Waals surface area (Å²) in [6.07, 6.45) is 2.73. The number of nitrogens with zero attached hydrogens (tertiary/aromatic N) is 5. The highest BCUT2D eigenvalue weighted by Gasteiger charge is 2.16. The highest BCUT2D eigenvalue weighted by atomic mass is 16.4. The topological polar surface area (TPSA) is 77.3 Å². The molecular formula is C15H13N5O2. The molecule has 0 aliphatic rings. The smallest absolute Gasteiger partial charge is 0.338 e. The van der Waals surface area contributed by atoms with Gasteiger partial charge in [-0.05, 0) is 37.1 Å². The van der Waals surface area contributed by atoms with Crippen LogP contribution in [0.4, 0.5) is 5.82 Å². The van der Waals surface area contributed by atoms with Gasteiger partial charge in [-0.25, -0.2) is 9.48 Å². The number of hydrogen-bond acceptors (Lipinski definition) is 3. The van der Waals surface area contributed by atoms with E-state index in [1.54, 1.807) is 10.7 Å². The van der Waals surface area contributed by atoms with Gasteiger partial charge in [-0.15, -0.1) is 0 Å². The molecule has 3 rings (SSSR count). The van der Waals surface area contributed by atoms with Gasteiger partial charge in [0.1, 0.15) is 0 Å². The molecule has 22 heavy (non-hydrogen) atoms. The lowest BCUT2D eigenvalue weighted by Gasteiger charge is -2.05. The van der Waals surface area contributed by atoms with Crippen molar-refractivity contribution >= 4 is 22.7 Å². The first kappa shape index (κ1) is 13.8. The van der Waals surface area contributed by atoms with Crippen molar-refractivity contribution in [2.45, 2.75) is 19.9 Å². The van der Waals surface area contributed by atoms with E-state index in [4.69, 9.17) is 11.7 Å². The summed E-state index contributed by atoms with van der Waals surface area (Å²) in [4.78, 5) is 14.4. The van der Waals surface area contributed by atoms with Crippen molar-refractivity contribution in [3.63, 3.8) is 0 Å². The molecule has 0 unspecified atom stereocenters. The maximum Gasteiger partial charge on any atom is 0.338 e. The molecular weight excluding hydrogens is 282 g/mol. The van der Waals surface area contributed by atoms with Gasteiger partial charge < -0.3 is 9.95 Å². The molecule has 0 aliphatic carbocycles. The molecule has 110 valence electrons. The Labute approximate surface area is 126 Å². The number of aromatic carboxylic acids is 1. The number of carbonyl (C=O) groups is 1. The van der Waals surface area contributed by atoms with Crippen LogP contribution in [-0.2, 0) is 0 Å². The first-order chi connectivity index (χ1) is 10.5. The van der Waals surface area contributed by atoms with Gasteiger partial charge in [0, 0.05) is 11.6 Å². The number of rotatable bonds is 3. The first-order valence-corrected chi connectivity index (χ1v) is 6.69. The average molecular weight is 295 g/mol. The minimum absolute atomic E-state index is 0.114. The Kier molecular flexibility index (Phi) is 3.14. The summed E-state index contributed by atoms with van der Waals surface area (Å²) in [5.74, 6) is -0.696. The van der Waals surface area contributed by atoms with Crippen LogP contribution in [0, 0.1) is 6.57 Å². The standard InChI is InChI=1S/C15H13N5O2/c1-9(2)20-13-5-4-11(6-12(13)14(16-3)18-20)19-8-10(7-17-19)15(21)22/h4-9H,1-2H3,(H,21,22). The highest BCUT2D eigenvalue weighted by molar-refractivity contribution is 5.92. The van der Waals surface area contributed by atoms with Crippen LogP contribution in [0.1, 0.15) is 30.2 Å². The Morgan fingerprint density at radius 2 is 2.18 bits per heavy atom. The Hall–Kier alpha value is -3.14. The van der Waals surface area contributed by atoms with Gasteiger partial charge in [0.15, 0.2) is 0 Å². The number of carboxylic acids is 1. The fraction of sp³-hybridized carbons (Fsp3) is 0.200. The molecule has 0 spiro atoms. The van der Waals surface area contributed by atoms with Crippen LogP contribution >= 0.6 is 0 Å². The van der Waals surface area contributed by atoms with Crippen molar-refractivity contribution in [1.29, 1.82) is 0 Å². The average Bonchev–Trinajstić information content (AvgIpc) is 3.11. The Morgan fingerprint density at radius 1 is 1.41 bits per heavy atom. The summed E-state index contributed by atoms with van der Waals surface area (Å²) in [6.45, 7) is 11.3. The molecule has 0 radical (unpaired) electrons. The number of aromatic nitrogens is 4. The lowest BCUT2D eigenvalue weighted by molar-refractivity contribution is 0.0697. The van der Waals surface area contributed by atoms with Crippen LogP contribution in [0.3, 0.4) is 0 Å². The van der Waals surface area contributed by atoms with Crippen molar-refractivity contribution in [2.24, 2.45) is 0 Å². The summed E-state index contributed by atoms with van der Waals surface area (Å²) < 4.78 is 3.28. The summed E-state index contributed by atoms with van der Waals surface area (Å²) in [6, 6.07) is 5.64. The van der Waals surface area contributed by atoms with E-state index in [1.807, 2.05) is 26.0 Å². The largest absolute Gasteiger partial charge is 0.478 e. The predicted octanol–water partition coefficient (Wildman–Crippen LogP) is 3.05. The molecule has 0 atom stereocenters. The zero-order valence-corrected chi connectivity index (χ0v) is 12.1. The van der Waals surface area contributed by atoms with E-state index < -0.39 is 5.97 Å². The molecule has 0 amide bonds. The Bertz CT molecular complexity index is 914. The minimum atomic E-state index is -1.03. The van der Waals surface area contributed by atoms with Crippen LogP contribution in [-0.4, -0.2) is 30.6 Å². The van der Waals surface area contributed by atoms with E-state index in [0.29, 0.717) is 11.5 Å². The third kappa shape index (κ3) is 2.11. The van der Waals surface area contributed by atoms with Crippen molar-refractivity contribution in [3.8, 4) is 5.69 Å². The van der Waals surface area contributed by atoms with E-state index in [1.165, 1.54) is 17.1 Å². The van der Waals surface area contributed by atoms with Gasteiger partial charge in [-0.3, -0.25) is 0 Å².